The van der Waals surface area contributed by atoms with Gasteiger partial charge < -0.3 is 10.2 Å². The molecule has 1 aliphatic heterocycles. The largest absolute Gasteiger partial charge is 0.338 e. The third kappa shape index (κ3) is 6.44. The Morgan fingerprint density at radius 2 is 2.06 bits per heavy atom. The number of likely N-dealkylation sites (tertiary alicyclic amines) is 1. The third-order valence-electron chi connectivity index (χ3n) is 6.22. The van der Waals surface area contributed by atoms with Crippen molar-refractivity contribution in [1.29, 1.82) is 0 Å². The number of piperidine rings is 1. The monoisotopic (exact) mass is 503 g/mol. The van der Waals surface area contributed by atoms with Crippen LogP contribution < -0.4 is 15.8 Å². The quantitative estimate of drug-likeness (QED) is 0.434. The Hall–Kier alpha value is -2.72. The molecular formula is C23H30ClN7O2S. The molecule has 2 aromatic rings. The van der Waals surface area contributed by atoms with E-state index in [2.05, 4.69) is 32.0 Å². The van der Waals surface area contributed by atoms with E-state index in [0.29, 0.717) is 31.1 Å². The maximum absolute atomic E-state index is 12.6. The second-order valence-electron chi connectivity index (χ2n) is 8.64. The minimum atomic E-state index is -0.313. The van der Waals surface area contributed by atoms with Crippen molar-refractivity contribution in [2.24, 2.45) is 0 Å². The molecule has 182 valence electrons. The fourth-order valence-corrected chi connectivity index (χ4v) is 5.31. The average molecular weight is 504 g/mol. The number of allylic oxidation sites excluding steroid dienone is 1. The fourth-order valence-electron chi connectivity index (χ4n) is 4.24. The fraction of sp³-hybridized carbons (Fsp3) is 0.522. The van der Waals surface area contributed by atoms with Gasteiger partial charge in [0.25, 0.3) is 5.91 Å². The number of urea groups is 1. The van der Waals surface area contributed by atoms with E-state index in [1.165, 1.54) is 47.6 Å². The standard InChI is InChI=1S/C23H30ClN7O2S/c1-30(20-8-7-19(24)27-28-20)29-21(32)18-15-34-22(26-18)17-10-13-31(14-11-17)23(33)25-12-9-16-5-3-2-4-6-16/h5,7-8,15,17H,2-4,6,9-14H2,1H3,(H,25,33)(H,29,32). The van der Waals surface area contributed by atoms with E-state index in [0.717, 1.165) is 24.3 Å². The number of hydrogen-bond acceptors (Lipinski definition) is 7. The highest BCUT2D eigenvalue weighted by atomic mass is 35.5. The van der Waals surface area contributed by atoms with Gasteiger partial charge in [0.15, 0.2) is 11.0 Å². The molecule has 1 fully saturated rings. The van der Waals surface area contributed by atoms with Crippen molar-refractivity contribution in [2.75, 3.05) is 31.7 Å². The molecule has 1 aliphatic carbocycles. The number of anilines is 1. The molecule has 0 spiro atoms. The molecule has 3 amide bonds. The number of carbonyl (C=O) groups excluding carboxylic acids is 2. The zero-order valence-electron chi connectivity index (χ0n) is 19.3. The maximum atomic E-state index is 12.6. The highest BCUT2D eigenvalue weighted by molar-refractivity contribution is 7.09. The van der Waals surface area contributed by atoms with Crippen LogP contribution in [-0.2, 0) is 0 Å². The van der Waals surface area contributed by atoms with Crippen molar-refractivity contribution in [3.63, 3.8) is 0 Å². The summed E-state index contributed by atoms with van der Waals surface area (Å²) in [6.07, 6.45) is 9.85. The predicted molar refractivity (Wildman–Crippen MR) is 133 cm³/mol. The van der Waals surface area contributed by atoms with Crippen LogP contribution in [0.15, 0.2) is 29.2 Å². The van der Waals surface area contributed by atoms with Crippen LogP contribution in [0.25, 0.3) is 0 Å². The van der Waals surface area contributed by atoms with Crippen molar-refractivity contribution in [1.82, 2.24) is 30.8 Å². The van der Waals surface area contributed by atoms with E-state index in [1.54, 1.807) is 24.6 Å². The normalized spacial score (nSPS) is 16.6. The van der Waals surface area contributed by atoms with Gasteiger partial charge in [0, 0.05) is 38.0 Å². The first-order chi connectivity index (χ1) is 16.5. The lowest BCUT2D eigenvalue weighted by atomic mass is 9.97. The zero-order chi connectivity index (χ0) is 23.9. The second kappa shape index (κ2) is 11.6. The van der Waals surface area contributed by atoms with Crippen molar-refractivity contribution in [3.8, 4) is 0 Å². The van der Waals surface area contributed by atoms with Crippen molar-refractivity contribution in [3.05, 3.63) is 45.0 Å². The molecule has 4 rings (SSSR count). The molecule has 34 heavy (non-hydrogen) atoms. The van der Waals surface area contributed by atoms with E-state index in [-0.39, 0.29) is 23.0 Å². The minimum absolute atomic E-state index is 0.0161. The molecule has 0 radical (unpaired) electrons. The Morgan fingerprint density at radius 1 is 1.24 bits per heavy atom. The molecule has 0 saturated carbocycles. The first-order valence-corrected chi connectivity index (χ1v) is 13.0. The van der Waals surface area contributed by atoms with Gasteiger partial charge in [-0.25, -0.2) is 9.78 Å². The molecule has 11 heteroatoms. The summed E-state index contributed by atoms with van der Waals surface area (Å²) in [5.41, 5.74) is 4.58. The third-order valence-corrected chi connectivity index (χ3v) is 7.43. The van der Waals surface area contributed by atoms with Gasteiger partial charge in [-0.05, 0) is 57.1 Å². The molecule has 2 aromatic heterocycles. The second-order valence-corrected chi connectivity index (χ2v) is 9.91. The number of rotatable bonds is 7. The van der Waals surface area contributed by atoms with Crippen LogP contribution in [0, 0.1) is 0 Å². The number of carbonyl (C=O) groups is 2. The van der Waals surface area contributed by atoms with Gasteiger partial charge >= 0.3 is 6.03 Å². The first kappa shape index (κ1) is 24.4. The van der Waals surface area contributed by atoms with E-state index in [9.17, 15) is 9.59 Å². The predicted octanol–water partition coefficient (Wildman–Crippen LogP) is 4.15. The summed E-state index contributed by atoms with van der Waals surface area (Å²) in [5, 5.41) is 15.2. The smallest absolute Gasteiger partial charge is 0.317 e. The molecule has 2 aliphatic rings. The highest BCUT2D eigenvalue weighted by Gasteiger charge is 2.26. The topological polar surface area (TPSA) is 103 Å². The van der Waals surface area contributed by atoms with Crippen LogP contribution in [0.3, 0.4) is 0 Å². The lowest BCUT2D eigenvalue weighted by Gasteiger charge is -2.31. The maximum Gasteiger partial charge on any atom is 0.317 e. The van der Waals surface area contributed by atoms with Gasteiger partial charge in [0.1, 0.15) is 5.69 Å². The Kier molecular flexibility index (Phi) is 8.34. The number of amides is 3. The Labute approximate surface area is 208 Å². The molecule has 9 nitrogen and oxygen atoms in total. The summed E-state index contributed by atoms with van der Waals surface area (Å²) in [4.78, 5) is 31.6. The molecule has 1 saturated heterocycles. The van der Waals surface area contributed by atoms with Gasteiger partial charge in [-0.15, -0.1) is 21.5 Å². The summed E-state index contributed by atoms with van der Waals surface area (Å²) in [6.45, 7) is 2.09. The van der Waals surface area contributed by atoms with Crippen LogP contribution >= 0.6 is 22.9 Å². The Bertz CT molecular complexity index is 1020. The van der Waals surface area contributed by atoms with Crippen molar-refractivity contribution < 1.29 is 9.59 Å². The molecule has 0 atom stereocenters. The molecule has 3 heterocycles. The highest BCUT2D eigenvalue weighted by Crippen LogP contribution is 2.30. The van der Waals surface area contributed by atoms with E-state index in [1.807, 2.05) is 4.90 Å². The molecule has 2 N–H and O–H groups in total. The van der Waals surface area contributed by atoms with Gasteiger partial charge in [-0.2, -0.15) is 0 Å². The Balaban J connectivity index is 1.22. The number of nitrogens with zero attached hydrogens (tertiary/aromatic N) is 5. The Morgan fingerprint density at radius 3 is 2.76 bits per heavy atom. The molecule has 0 bridgehead atoms. The summed E-state index contributed by atoms with van der Waals surface area (Å²) < 4.78 is 0. The number of thiazole rings is 1. The summed E-state index contributed by atoms with van der Waals surface area (Å²) in [7, 11) is 1.68. The van der Waals surface area contributed by atoms with Gasteiger partial charge in [0.2, 0.25) is 0 Å². The zero-order valence-corrected chi connectivity index (χ0v) is 20.9. The number of hydrazine groups is 1. The van der Waals surface area contributed by atoms with Crippen LogP contribution in [-0.4, -0.2) is 58.7 Å². The van der Waals surface area contributed by atoms with Gasteiger partial charge in [0.05, 0.1) is 5.01 Å². The summed E-state index contributed by atoms with van der Waals surface area (Å²) in [5.74, 6) is 0.406. The van der Waals surface area contributed by atoms with Crippen molar-refractivity contribution in [2.45, 2.75) is 50.9 Å². The first-order valence-electron chi connectivity index (χ1n) is 11.7. The summed E-state index contributed by atoms with van der Waals surface area (Å²) in [6, 6.07) is 3.29. The number of halogens is 1. The summed E-state index contributed by atoms with van der Waals surface area (Å²) >= 11 is 7.24. The van der Waals surface area contributed by atoms with E-state index in [4.69, 9.17) is 11.6 Å². The van der Waals surface area contributed by atoms with Crippen LogP contribution in [0.5, 0.6) is 0 Å². The van der Waals surface area contributed by atoms with Gasteiger partial charge in [-0.1, -0.05) is 23.3 Å². The molecule has 0 aromatic carbocycles. The lowest BCUT2D eigenvalue weighted by Crippen LogP contribution is -2.44. The van der Waals surface area contributed by atoms with Crippen LogP contribution in [0.4, 0.5) is 10.6 Å². The molecule has 0 unspecified atom stereocenters. The number of aromatic nitrogens is 3. The SMILES string of the molecule is CN(NC(=O)c1csc(C2CCN(C(=O)NCCC3=CCCCC3)CC2)n1)c1ccc(Cl)nn1. The van der Waals surface area contributed by atoms with Gasteiger partial charge in [-0.3, -0.25) is 15.2 Å². The minimum Gasteiger partial charge on any atom is -0.338 e. The average Bonchev–Trinajstić information content (AvgIpc) is 3.36. The van der Waals surface area contributed by atoms with Crippen LogP contribution in [0.2, 0.25) is 5.15 Å². The number of hydrogen-bond donors (Lipinski definition) is 2. The lowest BCUT2D eigenvalue weighted by molar-refractivity contribution is 0.0946. The van der Waals surface area contributed by atoms with E-state index < -0.39 is 0 Å². The van der Waals surface area contributed by atoms with Crippen LogP contribution in [0.1, 0.15) is 66.4 Å². The van der Waals surface area contributed by atoms with E-state index >= 15 is 0 Å². The number of nitrogens with one attached hydrogen (secondary N) is 2. The van der Waals surface area contributed by atoms with Crippen molar-refractivity contribution >= 4 is 40.7 Å². The molecular weight excluding hydrogens is 474 g/mol.